The zero-order valence-electron chi connectivity index (χ0n) is 12.8. The molecule has 0 radical (unpaired) electrons. The molecule has 7 nitrogen and oxygen atoms in total. The van der Waals surface area contributed by atoms with Gasteiger partial charge in [0.1, 0.15) is 22.9 Å². The standard InChI is InChI=1S/C14H18ClNO6S/c1-20-7-8-22-11-4-3-10(15)9-12(11)23(18,19)16-13(17)14(21-2)5-6-14/h3-4,9H,5-8H2,1-2H3,(H,16,17). The molecule has 0 saturated heterocycles. The molecule has 2 rings (SSSR count). The van der Waals surface area contributed by atoms with E-state index in [1.54, 1.807) is 0 Å². The number of methoxy groups -OCH3 is 2. The van der Waals surface area contributed by atoms with Crippen molar-refractivity contribution < 1.29 is 27.4 Å². The summed E-state index contributed by atoms with van der Waals surface area (Å²) in [4.78, 5) is 11.9. The van der Waals surface area contributed by atoms with Crippen molar-refractivity contribution in [2.24, 2.45) is 0 Å². The van der Waals surface area contributed by atoms with Gasteiger partial charge >= 0.3 is 0 Å². The fourth-order valence-electron chi connectivity index (χ4n) is 1.95. The fourth-order valence-corrected chi connectivity index (χ4v) is 3.40. The van der Waals surface area contributed by atoms with Crippen LogP contribution in [0.1, 0.15) is 12.8 Å². The van der Waals surface area contributed by atoms with Crippen LogP contribution in [0.4, 0.5) is 0 Å². The lowest BCUT2D eigenvalue weighted by atomic mass is 10.3. The summed E-state index contributed by atoms with van der Waals surface area (Å²) in [6.45, 7) is 0.456. The lowest BCUT2D eigenvalue weighted by Gasteiger charge is -2.16. The van der Waals surface area contributed by atoms with Gasteiger partial charge in [-0.1, -0.05) is 11.6 Å². The number of hydrogen-bond donors (Lipinski definition) is 1. The highest BCUT2D eigenvalue weighted by molar-refractivity contribution is 7.90. The highest BCUT2D eigenvalue weighted by Crippen LogP contribution is 2.39. The van der Waals surface area contributed by atoms with Crippen LogP contribution in [-0.2, 0) is 24.3 Å². The molecule has 0 spiro atoms. The molecular weight excluding hydrogens is 346 g/mol. The summed E-state index contributed by atoms with van der Waals surface area (Å²) < 4.78 is 42.3. The van der Waals surface area contributed by atoms with E-state index >= 15 is 0 Å². The molecule has 23 heavy (non-hydrogen) atoms. The second kappa shape index (κ2) is 7.04. The SMILES string of the molecule is COCCOc1ccc(Cl)cc1S(=O)(=O)NC(=O)C1(OC)CC1. The quantitative estimate of drug-likeness (QED) is 0.701. The average Bonchev–Trinajstić information content (AvgIpc) is 3.29. The van der Waals surface area contributed by atoms with Crippen molar-refractivity contribution in [1.29, 1.82) is 0 Å². The Morgan fingerprint density at radius 3 is 2.57 bits per heavy atom. The molecule has 0 aliphatic heterocycles. The number of carbonyl (C=O) groups is 1. The topological polar surface area (TPSA) is 90.9 Å². The van der Waals surface area contributed by atoms with Gasteiger partial charge in [0.2, 0.25) is 0 Å². The van der Waals surface area contributed by atoms with Crippen LogP contribution in [0.3, 0.4) is 0 Å². The van der Waals surface area contributed by atoms with E-state index in [1.807, 2.05) is 4.72 Å². The summed E-state index contributed by atoms with van der Waals surface area (Å²) in [6, 6.07) is 4.16. The highest BCUT2D eigenvalue weighted by Gasteiger charge is 2.51. The monoisotopic (exact) mass is 363 g/mol. The van der Waals surface area contributed by atoms with Gasteiger partial charge in [-0.3, -0.25) is 4.79 Å². The van der Waals surface area contributed by atoms with Gasteiger partial charge in [-0.2, -0.15) is 0 Å². The summed E-state index contributed by atoms with van der Waals surface area (Å²) in [5.74, 6) is -0.600. The van der Waals surface area contributed by atoms with Crippen molar-refractivity contribution in [3.63, 3.8) is 0 Å². The molecule has 1 N–H and O–H groups in total. The maximum Gasteiger partial charge on any atom is 0.267 e. The van der Waals surface area contributed by atoms with Crippen molar-refractivity contribution in [3.05, 3.63) is 23.2 Å². The number of ether oxygens (including phenoxy) is 3. The maximum atomic E-state index is 12.5. The van der Waals surface area contributed by atoms with Crippen molar-refractivity contribution >= 4 is 27.5 Å². The smallest absolute Gasteiger partial charge is 0.267 e. The van der Waals surface area contributed by atoms with E-state index in [-0.39, 0.29) is 22.3 Å². The molecule has 1 aliphatic carbocycles. The Morgan fingerprint density at radius 1 is 1.30 bits per heavy atom. The lowest BCUT2D eigenvalue weighted by Crippen LogP contribution is -2.41. The summed E-state index contributed by atoms with van der Waals surface area (Å²) in [5, 5.41) is 0.213. The number of carbonyl (C=O) groups excluding carboxylic acids is 1. The van der Waals surface area contributed by atoms with Crippen LogP contribution in [-0.4, -0.2) is 47.4 Å². The minimum Gasteiger partial charge on any atom is -0.490 e. The molecule has 1 amide bonds. The van der Waals surface area contributed by atoms with Gasteiger partial charge in [0, 0.05) is 19.2 Å². The van der Waals surface area contributed by atoms with Crippen molar-refractivity contribution in [3.8, 4) is 5.75 Å². The van der Waals surface area contributed by atoms with Crippen LogP contribution in [0.5, 0.6) is 5.75 Å². The second-order valence-corrected chi connectivity index (χ2v) is 7.15. The zero-order chi connectivity index (χ0) is 17.1. The first-order valence-electron chi connectivity index (χ1n) is 6.88. The van der Waals surface area contributed by atoms with E-state index in [2.05, 4.69) is 0 Å². The molecule has 1 fully saturated rings. The third-order valence-electron chi connectivity index (χ3n) is 3.48. The van der Waals surface area contributed by atoms with Gasteiger partial charge in [0.05, 0.1) is 6.61 Å². The number of halogens is 1. The Morgan fingerprint density at radius 2 is 2.00 bits per heavy atom. The van der Waals surface area contributed by atoms with Crippen molar-refractivity contribution in [1.82, 2.24) is 4.72 Å². The fraction of sp³-hybridized carbons (Fsp3) is 0.500. The molecule has 0 bridgehead atoms. The first kappa shape index (κ1) is 18.0. The highest BCUT2D eigenvalue weighted by atomic mass is 35.5. The normalized spacial score (nSPS) is 16.0. The Balaban J connectivity index is 2.24. The average molecular weight is 364 g/mol. The summed E-state index contributed by atoms with van der Waals surface area (Å²) in [5.41, 5.74) is -1.05. The van der Waals surface area contributed by atoms with Gasteiger partial charge in [0.25, 0.3) is 15.9 Å². The molecule has 0 aromatic heterocycles. The zero-order valence-corrected chi connectivity index (χ0v) is 14.4. The summed E-state index contributed by atoms with van der Waals surface area (Å²) >= 11 is 5.87. The minimum absolute atomic E-state index is 0.0917. The molecule has 128 valence electrons. The molecule has 1 aliphatic rings. The number of nitrogens with one attached hydrogen (secondary N) is 1. The molecule has 1 aromatic rings. The largest absolute Gasteiger partial charge is 0.490 e. The van der Waals surface area contributed by atoms with Crippen LogP contribution in [0.15, 0.2) is 23.1 Å². The Labute approximate surface area is 139 Å². The molecule has 0 unspecified atom stereocenters. The number of amides is 1. The predicted molar refractivity (Wildman–Crippen MR) is 83.1 cm³/mol. The first-order valence-corrected chi connectivity index (χ1v) is 8.74. The molecule has 0 heterocycles. The molecule has 1 aromatic carbocycles. The van der Waals surface area contributed by atoms with Gasteiger partial charge in [-0.15, -0.1) is 0 Å². The number of rotatable bonds is 8. The summed E-state index contributed by atoms with van der Waals surface area (Å²) in [7, 11) is -1.26. The first-order chi connectivity index (χ1) is 10.8. The maximum absolute atomic E-state index is 12.5. The van der Waals surface area contributed by atoms with Gasteiger partial charge in [0.15, 0.2) is 0 Å². The third kappa shape index (κ3) is 4.14. The molecule has 9 heteroatoms. The second-order valence-electron chi connectivity index (χ2n) is 5.07. The number of hydrogen-bond acceptors (Lipinski definition) is 6. The van der Waals surface area contributed by atoms with E-state index in [1.165, 1.54) is 32.4 Å². The van der Waals surface area contributed by atoms with Crippen LogP contribution in [0, 0.1) is 0 Å². The van der Waals surface area contributed by atoms with E-state index in [0.29, 0.717) is 19.4 Å². The van der Waals surface area contributed by atoms with Gasteiger partial charge < -0.3 is 14.2 Å². The summed E-state index contributed by atoms with van der Waals surface area (Å²) in [6.07, 6.45) is 0.967. The van der Waals surface area contributed by atoms with E-state index in [4.69, 9.17) is 25.8 Å². The van der Waals surface area contributed by atoms with Gasteiger partial charge in [-0.05, 0) is 31.0 Å². The van der Waals surface area contributed by atoms with Crippen LogP contribution < -0.4 is 9.46 Å². The molecular formula is C14H18ClNO6S. The van der Waals surface area contributed by atoms with E-state index in [9.17, 15) is 13.2 Å². The van der Waals surface area contributed by atoms with Crippen LogP contribution in [0.25, 0.3) is 0 Å². The third-order valence-corrected chi connectivity index (χ3v) is 5.06. The predicted octanol–water partition coefficient (Wildman–Crippen LogP) is 1.35. The van der Waals surface area contributed by atoms with Gasteiger partial charge in [-0.25, -0.2) is 13.1 Å². The van der Waals surface area contributed by atoms with E-state index in [0.717, 1.165) is 0 Å². The van der Waals surface area contributed by atoms with E-state index < -0.39 is 21.5 Å². The Hall–Kier alpha value is -1.35. The lowest BCUT2D eigenvalue weighted by molar-refractivity contribution is -0.131. The Kier molecular flexibility index (Phi) is 5.51. The minimum atomic E-state index is -4.13. The number of benzene rings is 1. The van der Waals surface area contributed by atoms with Crippen LogP contribution >= 0.6 is 11.6 Å². The molecule has 0 atom stereocenters. The van der Waals surface area contributed by atoms with Crippen molar-refractivity contribution in [2.45, 2.75) is 23.3 Å². The van der Waals surface area contributed by atoms with Crippen LogP contribution in [0.2, 0.25) is 5.02 Å². The molecule has 1 saturated carbocycles. The number of sulfonamides is 1. The Bertz CT molecular complexity index is 687. The van der Waals surface area contributed by atoms with Crippen molar-refractivity contribution in [2.75, 3.05) is 27.4 Å².